The van der Waals surface area contributed by atoms with Crippen molar-refractivity contribution in [1.82, 2.24) is 4.98 Å². The molecule has 2 aromatic heterocycles. The molecule has 3 nitrogen and oxygen atoms in total. The van der Waals surface area contributed by atoms with E-state index in [1.807, 2.05) is 53.4 Å². The van der Waals surface area contributed by atoms with Crippen molar-refractivity contribution in [2.24, 2.45) is 0 Å². The molecular weight excluding hydrogens is 362 g/mol. The van der Waals surface area contributed by atoms with E-state index >= 15 is 0 Å². The molecule has 25 heavy (non-hydrogen) atoms. The number of rotatable bonds is 3. The maximum absolute atomic E-state index is 13.2. The molecule has 4 aromatic rings. The highest BCUT2D eigenvalue weighted by molar-refractivity contribution is 6.31. The van der Waals surface area contributed by atoms with E-state index in [0.717, 1.165) is 22.2 Å². The van der Waals surface area contributed by atoms with Gasteiger partial charge in [-0.2, -0.15) is 4.57 Å². The SMILES string of the molecule is Fc1ccc(C[n+]2cccc(-c3nc4ccccc4o3)c2)c(Cl)c1.[Cl-]. The Morgan fingerprint density at radius 2 is 1.92 bits per heavy atom. The number of benzene rings is 2. The Balaban J connectivity index is 0.00000182. The van der Waals surface area contributed by atoms with Gasteiger partial charge in [-0.25, -0.2) is 9.37 Å². The van der Waals surface area contributed by atoms with Gasteiger partial charge in [-0.1, -0.05) is 23.7 Å². The molecule has 2 aromatic carbocycles. The van der Waals surface area contributed by atoms with Crippen LogP contribution in [-0.4, -0.2) is 4.98 Å². The fourth-order valence-electron chi connectivity index (χ4n) is 2.59. The largest absolute Gasteiger partial charge is 1.00 e. The van der Waals surface area contributed by atoms with Crippen molar-refractivity contribution >= 4 is 22.7 Å². The van der Waals surface area contributed by atoms with E-state index in [4.69, 9.17) is 16.0 Å². The minimum absolute atomic E-state index is 0. The minimum atomic E-state index is -0.339. The van der Waals surface area contributed by atoms with Crippen LogP contribution in [0.5, 0.6) is 0 Å². The van der Waals surface area contributed by atoms with Crippen LogP contribution in [0, 0.1) is 5.82 Å². The fraction of sp³-hybridized carbons (Fsp3) is 0.0526. The lowest BCUT2D eigenvalue weighted by Gasteiger charge is -2.02. The molecule has 0 unspecified atom stereocenters. The highest BCUT2D eigenvalue weighted by Crippen LogP contribution is 2.23. The van der Waals surface area contributed by atoms with Crippen LogP contribution in [0.1, 0.15) is 5.56 Å². The Morgan fingerprint density at radius 1 is 1.08 bits per heavy atom. The molecule has 0 amide bonds. The summed E-state index contributed by atoms with van der Waals surface area (Å²) in [5.74, 6) is 0.227. The van der Waals surface area contributed by atoms with Crippen LogP contribution < -0.4 is 17.0 Å². The van der Waals surface area contributed by atoms with Crippen LogP contribution in [0.3, 0.4) is 0 Å². The van der Waals surface area contributed by atoms with E-state index in [1.165, 1.54) is 12.1 Å². The molecule has 126 valence electrons. The molecule has 0 bridgehead atoms. The second-order valence-electron chi connectivity index (χ2n) is 5.49. The number of oxazole rings is 1. The van der Waals surface area contributed by atoms with Gasteiger partial charge >= 0.3 is 0 Å². The second kappa shape index (κ2) is 7.21. The highest BCUT2D eigenvalue weighted by Gasteiger charge is 2.13. The topological polar surface area (TPSA) is 29.9 Å². The first-order valence-corrected chi connectivity index (χ1v) is 7.86. The predicted molar refractivity (Wildman–Crippen MR) is 90.2 cm³/mol. The van der Waals surface area contributed by atoms with Gasteiger partial charge in [0.25, 0.3) is 0 Å². The van der Waals surface area contributed by atoms with Crippen molar-refractivity contribution in [2.45, 2.75) is 6.54 Å². The molecule has 0 saturated heterocycles. The Hall–Kier alpha value is -2.43. The van der Waals surface area contributed by atoms with Crippen LogP contribution in [0.2, 0.25) is 5.02 Å². The first-order chi connectivity index (χ1) is 11.7. The van der Waals surface area contributed by atoms with Gasteiger partial charge in [0.05, 0.1) is 5.02 Å². The number of hydrogen-bond acceptors (Lipinski definition) is 2. The molecule has 0 spiro atoms. The van der Waals surface area contributed by atoms with E-state index in [2.05, 4.69) is 4.98 Å². The van der Waals surface area contributed by atoms with Crippen molar-refractivity contribution in [3.8, 4) is 11.5 Å². The van der Waals surface area contributed by atoms with Crippen molar-refractivity contribution in [3.05, 3.63) is 83.4 Å². The molecule has 6 heteroatoms. The molecule has 0 radical (unpaired) electrons. The third-order valence-corrected chi connectivity index (χ3v) is 4.12. The average molecular weight is 375 g/mol. The number of para-hydroxylation sites is 2. The van der Waals surface area contributed by atoms with E-state index < -0.39 is 0 Å². The number of hydrogen-bond donors (Lipinski definition) is 0. The summed E-state index contributed by atoms with van der Waals surface area (Å²) in [7, 11) is 0. The Bertz CT molecular complexity index is 1000. The van der Waals surface area contributed by atoms with Crippen molar-refractivity contribution in [2.75, 3.05) is 0 Å². The molecule has 4 rings (SSSR count). The summed E-state index contributed by atoms with van der Waals surface area (Å²) in [6.45, 7) is 0.535. The van der Waals surface area contributed by atoms with E-state index in [9.17, 15) is 4.39 Å². The quantitative estimate of drug-likeness (QED) is 0.510. The summed E-state index contributed by atoms with van der Waals surface area (Å²) >= 11 is 6.11. The van der Waals surface area contributed by atoms with Crippen molar-refractivity contribution < 1.29 is 25.8 Å². The predicted octanol–water partition coefficient (Wildman–Crippen LogP) is 1.63. The highest BCUT2D eigenvalue weighted by atomic mass is 35.5. The molecule has 0 aliphatic heterocycles. The Morgan fingerprint density at radius 3 is 2.72 bits per heavy atom. The third-order valence-electron chi connectivity index (χ3n) is 3.77. The van der Waals surface area contributed by atoms with Crippen LogP contribution in [0.15, 0.2) is 71.4 Å². The second-order valence-corrected chi connectivity index (χ2v) is 5.89. The van der Waals surface area contributed by atoms with Gasteiger partial charge in [-0.3, -0.25) is 0 Å². The Kier molecular flexibility index (Phi) is 5.02. The number of halogens is 3. The molecule has 0 aliphatic rings. The van der Waals surface area contributed by atoms with Gasteiger partial charge in [-0.05, 0) is 36.4 Å². The van der Waals surface area contributed by atoms with Gasteiger partial charge in [0.1, 0.15) is 16.9 Å². The summed E-state index contributed by atoms with van der Waals surface area (Å²) in [5.41, 5.74) is 3.29. The number of aromatic nitrogens is 2. The van der Waals surface area contributed by atoms with E-state index in [1.54, 1.807) is 6.07 Å². The zero-order valence-corrected chi connectivity index (χ0v) is 14.5. The number of nitrogens with zero attached hydrogens (tertiary/aromatic N) is 2. The van der Waals surface area contributed by atoms with Gasteiger partial charge in [0.2, 0.25) is 5.89 Å². The number of pyridine rings is 1. The first kappa shape index (κ1) is 17.4. The normalized spacial score (nSPS) is 10.6. The average Bonchev–Trinajstić information content (AvgIpc) is 3.02. The summed E-state index contributed by atoms with van der Waals surface area (Å²) < 4.78 is 20.9. The molecular formula is C19H13Cl2FN2O. The minimum Gasteiger partial charge on any atom is -1.00 e. The fourth-order valence-corrected chi connectivity index (χ4v) is 2.82. The molecule has 2 heterocycles. The van der Waals surface area contributed by atoms with Crippen LogP contribution >= 0.6 is 11.6 Å². The van der Waals surface area contributed by atoms with Gasteiger partial charge in [0, 0.05) is 11.6 Å². The van der Waals surface area contributed by atoms with E-state index in [-0.39, 0.29) is 18.2 Å². The lowest BCUT2D eigenvalue weighted by molar-refractivity contribution is -0.687. The summed E-state index contributed by atoms with van der Waals surface area (Å²) in [6, 6.07) is 15.9. The maximum atomic E-state index is 13.2. The molecule has 0 fully saturated rings. The number of fused-ring (bicyclic) bond motifs is 1. The van der Waals surface area contributed by atoms with Crippen LogP contribution in [-0.2, 0) is 6.54 Å². The molecule has 0 aliphatic carbocycles. The zero-order valence-electron chi connectivity index (χ0n) is 13.0. The van der Waals surface area contributed by atoms with Crippen molar-refractivity contribution in [3.63, 3.8) is 0 Å². The summed E-state index contributed by atoms with van der Waals surface area (Å²) in [6.07, 6.45) is 3.86. The van der Waals surface area contributed by atoms with Gasteiger partial charge in [-0.15, -0.1) is 0 Å². The van der Waals surface area contributed by atoms with Crippen LogP contribution in [0.25, 0.3) is 22.6 Å². The summed E-state index contributed by atoms with van der Waals surface area (Å²) in [5, 5.41) is 0.412. The monoisotopic (exact) mass is 374 g/mol. The van der Waals surface area contributed by atoms with Crippen molar-refractivity contribution in [1.29, 1.82) is 0 Å². The zero-order chi connectivity index (χ0) is 16.5. The molecule has 0 atom stereocenters. The first-order valence-electron chi connectivity index (χ1n) is 7.48. The molecule has 0 N–H and O–H groups in total. The Labute approximate surface area is 155 Å². The molecule has 0 saturated carbocycles. The standard InChI is InChI=1S/C19H13ClFN2O.ClH/c20-16-10-15(21)8-7-13(16)11-23-9-3-4-14(12-23)19-22-17-5-1-2-6-18(17)24-19;/h1-10,12H,11H2;1H/q+1;/p-1. The third kappa shape index (κ3) is 3.65. The van der Waals surface area contributed by atoms with Gasteiger partial charge in [0.15, 0.2) is 24.5 Å². The van der Waals surface area contributed by atoms with Crippen LogP contribution in [0.4, 0.5) is 4.39 Å². The lowest BCUT2D eigenvalue weighted by Crippen LogP contribution is -3.00. The summed E-state index contributed by atoms with van der Waals surface area (Å²) in [4.78, 5) is 4.50. The van der Waals surface area contributed by atoms with Gasteiger partial charge < -0.3 is 16.8 Å². The smallest absolute Gasteiger partial charge is 0.233 e. The van der Waals surface area contributed by atoms with E-state index in [0.29, 0.717) is 17.5 Å². The maximum Gasteiger partial charge on any atom is 0.233 e. The lowest BCUT2D eigenvalue weighted by atomic mass is 10.2.